The summed E-state index contributed by atoms with van der Waals surface area (Å²) in [6.07, 6.45) is 1.40. The first kappa shape index (κ1) is 21.5. The lowest BCUT2D eigenvalue weighted by atomic mass is 10.0. The van der Waals surface area contributed by atoms with Crippen molar-refractivity contribution in [3.63, 3.8) is 0 Å². The van der Waals surface area contributed by atoms with Gasteiger partial charge in [0.1, 0.15) is 5.82 Å². The quantitative estimate of drug-likeness (QED) is 0.746. The van der Waals surface area contributed by atoms with Gasteiger partial charge in [0, 0.05) is 26.2 Å². The molecule has 0 aliphatic carbocycles. The molecule has 3 rings (SSSR count). The Labute approximate surface area is 172 Å². The van der Waals surface area contributed by atoms with Crippen LogP contribution in [0, 0.1) is 11.7 Å². The van der Waals surface area contributed by atoms with Crippen LogP contribution < -0.4 is 0 Å². The second kappa shape index (κ2) is 9.05. The van der Waals surface area contributed by atoms with Crippen molar-refractivity contribution in [2.45, 2.75) is 31.6 Å². The number of sulfonamides is 1. The standard InChI is InChI=1S/C22H27FN2O3S/c1-17(2)16-18-8-10-19(11-9-18)29(27,28)25-13-5-12-24(14-15-25)22(26)20-6-3-4-7-21(20)23/h3-4,6-11,17H,5,12-16H2,1-2H3. The molecule has 1 fully saturated rings. The van der Waals surface area contributed by atoms with Crippen LogP contribution in [0.2, 0.25) is 0 Å². The van der Waals surface area contributed by atoms with Gasteiger partial charge in [-0.15, -0.1) is 0 Å². The van der Waals surface area contributed by atoms with Crippen LogP contribution in [0.25, 0.3) is 0 Å². The zero-order chi connectivity index (χ0) is 21.0. The molecule has 156 valence electrons. The van der Waals surface area contributed by atoms with E-state index in [4.69, 9.17) is 0 Å². The van der Waals surface area contributed by atoms with Gasteiger partial charge in [0.2, 0.25) is 10.0 Å². The Kier molecular flexibility index (Phi) is 6.70. The zero-order valence-corrected chi connectivity index (χ0v) is 17.7. The van der Waals surface area contributed by atoms with Crippen LogP contribution in [-0.4, -0.2) is 49.7 Å². The van der Waals surface area contributed by atoms with Crippen LogP contribution >= 0.6 is 0 Å². The van der Waals surface area contributed by atoms with Gasteiger partial charge >= 0.3 is 0 Å². The second-order valence-electron chi connectivity index (χ2n) is 7.77. The molecule has 1 aliphatic rings. The van der Waals surface area contributed by atoms with E-state index in [0.717, 1.165) is 12.0 Å². The van der Waals surface area contributed by atoms with Gasteiger partial charge < -0.3 is 4.90 Å². The number of nitrogens with zero attached hydrogens (tertiary/aromatic N) is 2. The third-order valence-corrected chi connectivity index (χ3v) is 6.96. The lowest BCUT2D eigenvalue weighted by molar-refractivity contribution is 0.0759. The molecule has 0 bridgehead atoms. The van der Waals surface area contributed by atoms with E-state index in [-0.39, 0.29) is 23.5 Å². The van der Waals surface area contributed by atoms with Crippen LogP contribution in [0.4, 0.5) is 4.39 Å². The minimum Gasteiger partial charge on any atom is -0.337 e. The highest BCUT2D eigenvalue weighted by molar-refractivity contribution is 7.89. The molecule has 7 heteroatoms. The maximum atomic E-state index is 13.9. The van der Waals surface area contributed by atoms with Crippen molar-refractivity contribution < 1.29 is 17.6 Å². The Morgan fingerprint density at radius 3 is 2.34 bits per heavy atom. The van der Waals surface area contributed by atoms with Gasteiger partial charge in [-0.05, 0) is 48.6 Å². The predicted molar refractivity (Wildman–Crippen MR) is 111 cm³/mol. The number of hydrogen-bond donors (Lipinski definition) is 0. The largest absolute Gasteiger partial charge is 0.337 e. The van der Waals surface area contributed by atoms with Gasteiger partial charge in [0.15, 0.2) is 0 Å². The van der Waals surface area contributed by atoms with E-state index >= 15 is 0 Å². The van der Waals surface area contributed by atoms with Crippen molar-refractivity contribution in [2.24, 2.45) is 5.92 Å². The summed E-state index contributed by atoms with van der Waals surface area (Å²) in [6.45, 7) is 5.39. The van der Waals surface area contributed by atoms with Gasteiger partial charge in [0.25, 0.3) is 5.91 Å². The van der Waals surface area contributed by atoms with Crippen molar-refractivity contribution in [1.29, 1.82) is 0 Å². The maximum absolute atomic E-state index is 13.9. The maximum Gasteiger partial charge on any atom is 0.256 e. The van der Waals surface area contributed by atoms with Gasteiger partial charge in [-0.25, -0.2) is 12.8 Å². The van der Waals surface area contributed by atoms with Gasteiger partial charge in [0.05, 0.1) is 10.5 Å². The lowest BCUT2D eigenvalue weighted by Crippen LogP contribution is -2.37. The second-order valence-corrected chi connectivity index (χ2v) is 9.71. The molecule has 1 aliphatic heterocycles. The van der Waals surface area contributed by atoms with E-state index in [9.17, 15) is 17.6 Å². The number of benzene rings is 2. The fraction of sp³-hybridized carbons (Fsp3) is 0.409. The van der Waals surface area contributed by atoms with Gasteiger partial charge in [-0.2, -0.15) is 4.31 Å². The smallest absolute Gasteiger partial charge is 0.256 e. The van der Waals surface area contributed by atoms with E-state index in [2.05, 4.69) is 13.8 Å². The summed E-state index contributed by atoms with van der Waals surface area (Å²) in [7, 11) is -3.63. The molecule has 0 N–H and O–H groups in total. The summed E-state index contributed by atoms with van der Waals surface area (Å²) in [6, 6.07) is 12.9. The first-order valence-electron chi connectivity index (χ1n) is 9.92. The van der Waals surface area contributed by atoms with Gasteiger partial charge in [-0.1, -0.05) is 38.1 Å². The lowest BCUT2D eigenvalue weighted by Gasteiger charge is -2.22. The summed E-state index contributed by atoms with van der Waals surface area (Å²) in [5.41, 5.74) is 1.13. The fourth-order valence-corrected chi connectivity index (χ4v) is 5.03. The van der Waals surface area contributed by atoms with Crippen LogP contribution in [0.5, 0.6) is 0 Å². The first-order chi connectivity index (χ1) is 13.8. The highest BCUT2D eigenvalue weighted by atomic mass is 32.2. The Morgan fingerprint density at radius 2 is 1.69 bits per heavy atom. The van der Waals surface area contributed by atoms with E-state index in [1.165, 1.54) is 27.4 Å². The molecule has 29 heavy (non-hydrogen) atoms. The van der Waals surface area contributed by atoms with Crippen LogP contribution in [0.1, 0.15) is 36.2 Å². The average molecular weight is 419 g/mol. The number of rotatable bonds is 5. The average Bonchev–Trinajstić information content (AvgIpc) is 2.95. The van der Waals surface area contributed by atoms with E-state index in [0.29, 0.717) is 25.4 Å². The van der Waals surface area contributed by atoms with E-state index in [1.807, 2.05) is 12.1 Å². The first-order valence-corrected chi connectivity index (χ1v) is 11.4. The van der Waals surface area contributed by atoms with Crippen molar-refractivity contribution in [3.05, 3.63) is 65.5 Å². The molecule has 5 nitrogen and oxygen atoms in total. The SMILES string of the molecule is CC(C)Cc1ccc(S(=O)(=O)N2CCCN(C(=O)c3ccccc3F)CC2)cc1. The van der Waals surface area contributed by atoms with Crippen molar-refractivity contribution >= 4 is 15.9 Å². The molecule has 0 saturated carbocycles. The molecule has 0 aromatic heterocycles. The molecule has 2 aromatic rings. The number of halogens is 1. The van der Waals surface area contributed by atoms with E-state index < -0.39 is 21.7 Å². The number of hydrogen-bond acceptors (Lipinski definition) is 3. The molecule has 2 aromatic carbocycles. The van der Waals surface area contributed by atoms with Gasteiger partial charge in [-0.3, -0.25) is 4.79 Å². The van der Waals surface area contributed by atoms with Crippen LogP contribution in [-0.2, 0) is 16.4 Å². The summed E-state index contributed by atoms with van der Waals surface area (Å²) in [5.74, 6) is -0.464. The highest BCUT2D eigenvalue weighted by Gasteiger charge is 2.29. The third kappa shape index (κ3) is 5.03. The Bertz CT molecular complexity index is 958. The van der Waals surface area contributed by atoms with Crippen LogP contribution in [0.3, 0.4) is 0 Å². The fourth-order valence-electron chi connectivity index (χ4n) is 3.56. The van der Waals surface area contributed by atoms with Crippen molar-refractivity contribution in [1.82, 2.24) is 9.21 Å². The molecule has 1 saturated heterocycles. The minimum atomic E-state index is -3.63. The van der Waals surface area contributed by atoms with E-state index in [1.54, 1.807) is 18.2 Å². The Hall–Kier alpha value is -2.25. The number of amides is 1. The minimum absolute atomic E-state index is 0.0181. The molecule has 1 heterocycles. The molecular formula is C22H27FN2O3S. The predicted octanol–water partition coefficient (Wildman–Crippen LogP) is 3.56. The molecule has 0 atom stereocenters. The number of carbonyl (C=O) groups is 1. The molecule has 0 radical (unpaired) electrons. The zero-order valence-electron chi connectivity index (χ0n) is 16.8. The van der Waals surface area contributed by atoms with Crippen molar-refractivity contribution in [2.75, 3.05) is 26.2 Å². The topological polar surface area (TPSA) is 57.7 Å². The molecule has 0 spiro atoms. The molecule has 0 unspecified atom stereocenters. The molecule has 1 amide bonds. The monoisotopic (exact) mass is 418 g/mol. The number of carbonyl (C=O) groups excluding carboxylic acids is 1. The summed E-state index contributed by atoms with van der Waals surface area (Å²) in [4.78, 5) is 14.4. The summed E-state index contributed by atoms with van der Waals surface area (Å²) >= 11 is 0. The summed E-state index contributed by atoms with van der Waals surface area (Å²) < 4.78 is 41.4. The Morgan fingerprint density at radius 1 is 1.00 bits per heavy atom. The third-order valence-electron chi connectivity index (χ3n) is 5.05. The normalized spacial score (nSPS) is 16.1. The molecular weight excluding hydrogens is 391 g/mol. The summed E-state index contributed by atoms with van der Waals surface area (Å²) in [5, 5.41) is 0. The Balaban J connectivity index is 1.71. The highest BCUT2D eigenvalue weighted by Crippen LogP contribution is 2.20. The van der Waals surface area contributed by atoms with Crippen LogP contribution in [0.15, 0.2) is 53.4 Å². The van der Waals surface area contributed by atoms with Crippen molar-refractivity contribution in [3.8, 4) is 0 Å².